The predicted octanol–water partition coefficient (Wildman–Crippen LogP) is 3.07. The molecule has 0 bridgehead atoms. The van der Waals surface area contributed by atoms with Crippen LogP contribution in [-0.4, -0.2) is 20.4 Å². The topological polar surface area (TPSA) is 75.3 Å². The second-order valence-electron chi connectivity index (χ2n) is 5.69. The number of anilines is 1. The van der Waals surface area contributed by atoms with E-state index in [9.17, 15) is 17.6 Å². The predicted molar refractivity (Wildman–Crippen MR) is 91.0 cm³/mol. The van der Waals surface area contributed by atoms with Crippen molar-refractivity contribution < 1.29 is 17.6 Å². The molecule has 2 rings (SSSR count). The maximum atomic E-state index is 13.3. The number of benzene rings is 2. The summed E-state index contributed by atoms with van der Waals surface area (Å²) in [6.45, 7) is 5.11. The van der Waals surface area contributed by atoms with Crippen molar-refractivity contribution in [2.24, 2.45) is 0 Å². The van der Waals surface area contributed by atoms with Crippen molar-refractivity contribution in [1.29, 1.82) is 0 Å². The van der Waals surface area contributed by atoms with Crippen LogP contribution in [0.2, 0.25) is 0 Å². The number of sulfonamides is 1. The first-order chi connectivity index (χ1) is 11.2. The van der Waals surface area contributed by atoms with Gasteiger partial charge in [0.2, 0.25) is 0 Å². The molecule has 0 fully saturated rings. The number of carbonyl (C=O) groups excluding carboxylic acids is 1. The van der Waals surface area contributed by atoms with E-state index in [-0.39, 0.29) is 33.7 Å². The molecule has 0 radical (unpaired) electrons. The number of rotatable bonds is 5. The van der Waals surface area contributed by atoms with E-state index in [4.69, 9.17) is 0 Å². The molecule has 7 heteroatoms. The van der Waals surface area contributed by atoms with Crippen LogP contribution in [0.4, 0.5) is 10.1 Å². The molecule has 24 heavy (non-hydrogen) atoms. The largest absolute Gasteiger partial charge is 0.350 e. The average molecular weight is 350 g/mol. The molecule has 0 aliphatic rings. The van der Waals surface area contributed by atoms with E-state index in [2.05, 4.69) is 10.0 Å². The Bertz CT molecular complexity index is 864. The Morgan fingerprint density at radius 1 is 1.12 bits per heavy atom. The highest BCUT2D eigenvalue weighted by Crippen LogP contribution is 2.21. The van der Waals surface area contributed by atoms with Crippen LogP contribution in [0, 0.1) is 12.7 Å². The lowest BCUT2D eigenvalue weighted by Gasteiger charge is -2.14. The third kappa shape index (κ3) is 4.11. The Morgan fingerprint density at radius 2 is 1.79 bits per heavy atom. The standard InChI is InChI=1S/C17H19FN2O3S/c1-11(2)19-17(21)14-6-4-5-7-16(14)20-24(22,23)13-8-9-15(18)12(3)10-13/h4-11,20H,1-3H3,(H,19,21). The van der Waals surface area contributed by atoms with Gasteiger partial charge in [-0.3, -0.25) is 9.52 Å². The number of nitrogens with one attached hydrogen (secondary N) is 2. The zero-order valence-electron chi connectivity index (χ0n) is 13.6. The van der Waals surface area contributed by atoms with E-state index in [1.807, 2.05) is 13.8 Å². The van der Waals surface area contributed by atoms with Gasteiger partial charge in [0.1, 0.15) is 5.82 Å². The van der Waals surface area contributed by atoms with Crippen LogP contribution < -0.4 is 10.0 Å². The third-order valence-corrected chi connectivity index (χ3v) is 4.64. The molecular formula is C17H19FN2O3S. The molecule has 0 spiro atoms. The van der Waals surface area contributed by atoms with E-state index in [0.717, 1.165) is 6.07 Å². The van der Waals surface area contributed by atoms with Crippen LogP contribution in [-0.2, 0) is 10.0 Å². The van der Waals surface area contributed by atoms with E-state index in [1.165, 1.54) is 31.2 Å². The van der Waals surface area contributed by atoms with E-state index in [1.54, 1.807) is 12.1 Å². The first-order valence-electron chi connectivity index (χ1n) is 7.39. The van der Waals surface area contributed by atoms with E-state index in [0.29, 0.717) is 0 Å². The normalized spacial score (nSPS) is 11.4. The molecule has 0 aromatic heterocycles. The Kier molecular flexibility index (Phi) is 5.23. The summed E-state index contributed by atoms with van der Waals surface area (Å²) in [4.78, 5) is 12.1. The quantitative estimate of drug-likeness (QED) is 0.870. The Morgan fingerprint density at radius 3 is 2.42 bits per heavy atom. The summed E-state index contributed by atoms with van der Waals surface area (Å²) in [7, 11) is -3.93. The molecule has 0 saturated carbocycles. The van der Waals surface area contributed by atoms with Crippen LogP contribution in [0.5, 0.6) is 0 Å². The van der Waals surface area contributed by atoms with Crippen molar-refractivity contribution in [1.82, 2.24) is 5.32 Å². The first kappa shape index (κ1) is 17.9. The summed E-state index contributed by atoms with van der Waals surface area (Å²) < 4.78 is 40.7. The Labute approximate surface area is 141 Å². The average Bonchev–Trinajstić information content (AvgIpc) is 2.49. The molecule has 1 amide bonds. The lowest BCUT2D eigenvalue weighted by atomic mass is 10.1. The van der Waals surface area contributed by atoms with E-state index >= 15 is 0 Å². The Hall–Kier alpha value is -2.41. The van der Waals surface area contributed by atoms with Crippen LogP contribution in [0.25, 0.3) is 0 Å². The number of hydrogen-bond donors (Lipinski definition) is 2. The van der Waals surface area contributed by atoms with Crippen LogP contribution in [0.15, 0.2) is 47.4 Å². The molecule has 0 aliphatic carbocycles. The monoisotopic (exact) mass is 350 g/mol. The first-order valence-corrected chi connectivity index (χ1v) is 8.88. The highest BCUT2D eigenvalue weighted by atomic mass is 32.2. The maximum absolute atomic E-state index is 13.3. The number of aryl methyl sites for hydroxylation is 1. The van der Waals surface area contributed by atoms with Crippen molar-refractivity contribution >= 4 is 21.6 Å². The van der Waals surface area contributed by atoms with E-state index < -0.39 is 15.8 Å². The van der Waals surface area contributed by atoms with Gasteiger partial charge in [0.25, 0.3) is 15.9 Å². The maximum Gasteiger partial charge on any atom is 0.261 e. The molecule has 2 N–H and O–H groups in total. The molecule has 0 saturated heterocycles. The molecular weight excluding hydrogens is 331 g/mol. The fourth-order valence-electron chi connectivity index (χ4n) is 2.10. The minimum Gasteiger partial charge on any atom is -0.350 e. The van der Waals surface area contributed by atoms with Crippen molar-refractivity contribution in [3.05, 3.63) is 59.4 Å². The molecule has 0 unspecified atom stereocenters. The highest BCUT2D eigenvalue weighted by molar-refractivity contribution is 7.92. The number of amides is 1. The fourth-order valence-corrected chi connectivity index (χ4v) is 3.26. The van der Waals surface area contributed by atoms with Crippen molar-refractivity contribution in [3.8, 4) is 0 Å². The van der Waals surface area contributed by atoms with Gasteiger partial charge in [-0.2, -0.15) is 0 Å². The second kappa shape index (κ2) is 7.00. The third-order valence-electron chi connectivity index (χ3n) is 3.28. The summed E-state index contributed by atoms with van der Waals surface area (Å²) >= 11 is 0. The van der Waals surface area contributed by atoms with Gasteiger partial charge >= 0.3 is 0 Å². The summed E-state index contributed by atoms with van der Waals surface area (Å²) in [6.07, 6.45) is 0. The van der Waals surface area contributed by atoms with Crippen molar-refractivity contribution in [2.45, 2.75) is 31.7 Å². The lowest BCUT2D eigenvalue weighted by molar-refractivity contribution is 0.0944. The van der Waals surface area contributed by atoms with Gasteiger partial charge in [-0.05, 0) is 56.7 Å². The molecule has 5 nitrogen and oxygen atoms in total. The molecule has 2 aromatic rings. The van der Waals surface area contributed by atoms with Crippen LogP contribution >= 0.6 is 0 Å². The fraction of sp³-hybridized carbons (Fsp3) is 0.235. The van der Waals surface area contributed by atoms with Gasteiger partial charge in [0, 0.05) is 6.04 Å². The summed E-state index contributed by atoms with van der Waals surface area (Å²) in [6, 6.07) is 9.75. The number of carbonyl (C=O) groups is 1. The lowest BCUT2D eigenvalue weighted by Crippen LogP contribution is -2.31. The molecule has 2 aromatic carbocycles. The summed E-state index contributed by atoms with van der Waals surface area (Å²) in [5, 5.41) is 2.72. The minimum absolute atomic E-state index is 0.0690. The SMILES string of the molecule is Cc1cc(S(=O)(=O)Nc2ccccc2C(=O)NC(C)C)ccc1F. The van der Waals surface area contributed by atoms with Gasteiger partial charge in [-0.1, -0.05) is 12.1 Å². The number of halogens is 1. The zero-order chi connectivity index (χ0) is 17.9. The highest BCUT2D eigenvalue weighted by Gasteiger charge is 2.19. The summed E-state index contributed by atoms with van der Waals surface area (Å²) in [5.41, 5.74) is 0.606. The zero-order valence-corrected chi connectivity index (χ0v) is 14.4. The number of hydrogen-bond acceptors (Lipinski definition) is 3. The van der Waals surface area contributed by atoms with Gasteiger partial charge in [0.05, 0.1) is 16.1 Å². The van der Waals surface area contributed by atoms with Gasteiger partial charge in [-0.15, -0.1) is 0 Å². The second-order valence-corrected chi connectivity index (χ2v) is 7.37. The van der Waals surface area contributed by atoms with Crippen molar-refractivity contribution in [2.75, 3.05) is 4.72 Å². The Balaban J connectivity index is 2.36. The smallest absolute Gasteiger partial charge is 0.261 e. The van der Waals surface area contributed by atoms with Crippen molar-refractivity contribution in [3.63, 3.8) is 0 Å². The summed E-state index contributed by atoms with van der Waals surface area (Å²) in [5.74, 6) is -0.857. The molecule has 0 heterocycles. The van der Waals surface area contributed by atoms with Crippen LogP contribution in [0.1, 0.15) is 29.8 Å². The molecule has 128 valence electrons. The number of para-hydroxylation sites is 1. The molecule has 0 atom stereocenters. The van der Waals surface area contributed by atoms with Crippen LogP contribution in [0.3, 0.4) is 0 Å². The van der Waals surface area contributed by atoms with Gasteiger partial charge in [-0.25, -0.2) is 12.8 Å². The molecule has 0 aliphatic heterocycles. The minimum atomic E-state index is -3.93. The van der Waals surface area contributed by atoms with Gasteiger partial charge < -0.3 is 5.32 Å². The van der Waals surface area contributed by atoms with Gasteiger partial charge in [0.15, 0.2) is 0 Å².